The SMILES string of the molecule is COC1OC2=C(C1C)C1(C)C(=CCCC1C)CC2. The molecular formula is C16H24O2. The van der Waals surface area contributed by atoms with Crippen LogP contribution < -0.4 is 0 Å². The molecule has 3 rings (SSSR count). The third-order valence-electron chi connectivity index (χ3n) is 5.48. The van der Waals surface area contributed by atoms with E-state index in [0.29, 0.717) is 11.8 Å². The zero-order valence-corrected chi connectivity index (χ0v) is 12.0. The Hall–Kier alpha value is -0.760. The highest BCUT2D eigenvalue weighted by molar-refractivity contribution is 5.40. The molecule has 1 aliphatic heterocycles. The smallest absolute Gasteiger partial charge is 0.205 e. The van der Waals surface area contributed by atoms with Crippen LogP contribution in [0.2, 0.25) is 0 Å². The molecule has 2 nitrogen and oxygen atoms in total. The number of ether oxygens (including phenoxy) is 2. The zero-order chi connectivity index (χ0) is 12.9. The number of rotatable bonds is 1. The Labute approximate surface area is 110 Å². The minimum atomic E-state index is -0.0692. The second-order valence-electron chi connectivity index (χ2n) is 6.26. The fraction of sp³-hybridized carbons (Fsp3) is 0.750. The molecule has 0 saturated carbocycles. The maximum Gasteiger partial charge on any atom is 0.205 e. The second-order valence-corrected chi connectivity index (χ2v) is 6.26. The number of allylic oxidation sites excluding steroid dienone is 3. The Bertz CT molecular complexity index is 421. The fourth-order valence-corrected chi connectivity index (χ4v) is 4.28. The van der Waals surface area contributed by atoms with E-state index in [1.54, 1.807) is 12.7 Å². The van der Waals surface area contributed by atoms with Gasteiger partial charge in [-0.2, -0.15) is 0 Å². The molecule has 0 aromatic carbocycles. The second kappa shape index (κ2) is 4.12. The van der Waals surface area contributed by atoms with Crippen LogP contribution in [0.5, 0.6) is 0 Å². The molecule has 4 unspecified atom stereocenters. The van der Waals surface area contributed by atoms with Crippen LogP contribution >= 0.6 is 0 Å². The quantitative estimate of drug-likeness (QED) is 0.652. The van der Waals surface area contributed by atoms with Crippen LogP contribution in [0.25, 0.3) is 0 Å². The monoisotopic (exact) mass is 248 g/mol. The van der Waals surface area contributed by atoms with E-state index in [0.717, 1.165) is 6.42 Å². The third-order valence-corrected chi connectivity index (χ3v) is 5.48. The fourth-order valence-electron chi connectivity index (χ4n) is 4.28. The Kier molecular flexibility index (Phi) is 2.81. The van der Waals surface area contributed by atoms with Crippen molar-refractivity contribution in [2.45, 2.75) is 52.7 Å². The first-order valence-corrected chi connectivity index (χ1v) is 7.21. The summed E-state index contributed by atoms with van der Waals surface area (Å²) >= 11 is 0. The molecule has 3 aliphatic rings. The summed E-state index contributed by atoms with van der Waals surface area (Å²) in [4.78, 5) is 0. The summed E-state index contributed by atoms with van der Waals surface area (Å²) in [5, 5.41) is 0. The molecule has 4 atom stereocenters. The molecule has 100 valence electrons. The summed E-state index contributed by atoms with van der Waals surface area (Å²) < 4.78 is 11.5. The van der Waals surface area contributed by atoms with Gasteiger partial charge in [-0.3, -0.25) is 0 Å². The summed E-state index contributed by atoms with van der Waals surface area (Å²) in [6.45, 7) is 7.08. The van der Waals surface area contributed by atoms with Gasteiger partial charge in [0, 0.05) is 24.9 Å². The molecule has 0 aromatic rings. The van der Waals surface area contributed by atoms with Gasteiger partial charge in [0.05, 0.1) is 0 Å². The molecule has 2 aliphatic carbocycles. The molecule has 0 fully saturated rings. The lowest BCUT2D eigenvalue weighted by Crippen LogP contribution is -2.37. The van der Waals surface area contributed by atoms with Crippen molar-refractivity contribution < 1.29 is 9.47 Å². The van der Waals surface area contributed by atoms with Crippen LogP contribution in [0.1, 0.15) is 46.5 Å². The van der Waals surface area contributed by atoms with Gasteiger partial charge < -0.3 is 9.47 Å². The topological polar surface area (TPSA) is 18.5 Å². The molecule has 0 radical (unpaired) electrons. The van der Waals surface area contributed by atoms with Crippen LogP contribution in [0.4, 0.5) is 0 Å². The van der Waals surface area contributed by atoms with Gasteiger partial charge in [-0.1, -0.05) is 32.4 Å². The van der Waals surface area contributed by atoms with E-state index in [4.69, 9.17) is 9.47 Å². The number of hydrogen-bond donors (Lipinski definition) is 0. The predicted molar refractivity (Wildman–Crippen MR) is 71.9 cm³/mol. The zero-order valence-electron chi connectivity index (χ0n) is 12.0. The molecule has 2 heteroatoms. The van der Waals surface area contributed by atoms with E-state index in [9.17, 15) is 0 Å². The van der Waals surface area contributed by atoms with Crippen LogP contribution in [-0.2, 0) is 9.47 Å². The molecule has 0 bridgehead atoms. The highest BCUT2D eigenvalue weighted by Gasteiger charge is 2.50. The van der Waals surface area contributed by atoms with Gasteiger partial charge in [0.1, 0.15) is 5.76 Å². The van der Waals surface area contributed by atoms with Crippen LogP contribution in [0, 0.1) is 17.3 Å². The van der Waals surface area contributed by atoms with Gasteiger partial charge in [0.25, 0.3) is 0 Å². The van der Waals surface area contributed by atoms with Crippen LogP contribution in [0.15, 0.2) is 23.0 Å². The number of hydrogen-bond acceptors (Lipinski definition) is 2. The minimum absolute atomic E-state index is 0.0692. The highest BCUT2D eigenvalue weighted by atomic mass is 16.7. The summed E-state index contributed by atoms with van der Waals surface area (Å²) in [5.74, 6) is 2.33. The maximum atomic E-state index is 6.02. The lowest BCUT2D eigenvalue weighted by atomic mass is 9.57. The lowest BCUT2D eigenvalue weighted by molar-refractivity contribution is -0.0996. The van der Waals surface area contributed by atoms with E-state index in [2.05, 4.69) is 26.8 Å². The standard InChI is InChI=1S/C16H24O2/c1-10-6-5-7-12-8-9-13-14(16(10,12)3)11(2)15(17-4)18-13/h7,10-11,15H,5-6,8-9H2,1-4H3. The Balaban J connectivity index is 2.07. The maximum absolute atomic E-state index is 6.02. The van der Waals surface area contributed by atoms with Crippen molar-refractivity contribution in [3.05, 3.63) is 23.0 Å². The Morgan fingerprint density at radius 2 is 2.11 bits per heavy atom. The molecule has 0 amide bonds. The first kappa shape index (κ1) is 12.3. The molecule has 0 N–H and O–H groups in total. The van der Waals surface area contributed by atoms with E-state index < -0.39 is 0 Å². The average Bonchev–Trinajstić information content (AvgIpc) is 2.69. The van der Waals surface area contributed by atoms with Gasteiger partial charge in [-0.05, 0) is 30.8 Å². The molecule has 0 saturated heterocycles. The molecule has 0 aromatic heterocycles. The van der Waals surface area contributed by atoms with Crippen molar-refractivity contribution in [2.24, 2.45) is 17.3 Å². The lowest BCUT2D eigenvalue weighted by Gasteiger charge is -2.46. The van der Waals surface area contributed by atoms with Gasteiger partial charge in [0.2, 0.25) is 6.29 Å². The van der Waals surface area contributed by atoms with Crippen LogP contribution in [-0.4, -0.2) is 13.4 Å². The van der Waals surface area contributed by atoms with Gasteiger partial charge in [0.15, 0.2) is 0 Å². The molecular weight excluding hydrogens is 224 g/mol. The summed E-state index contributed by atoms with van der Waals surface area (Å²) in [6.07, 6.45) is 7.19. The first-order valence-electron chi connectivity index (χ1n) is 7.21. The normalized spacial score (nSPS) is 43.1. The van der Waals surface area contributed by atoms with Crippen molar-refractivity contribution in [3.63, 3.8) is 0 Å². The van der Waals surface area contributed by atoms with Gasteiger partial charge in [-0.15, -0.1) is 0 Å². The van der Waals surface area contributed by atoms with Crippen molar-refractivity contribution in [1.29, 1.82) is 0 Å². The van der Waals surface area contributed by atoms with Crippen LogP contribution in [0.3, 0.4) is 0 Å². The van der Waals surface area contributed by atoms with Crippen molar-refractivity contribution in [1.82, 2.24) is 0 Å². The largest absolute Gasteiger partial charge is 0.469 e. The van der Waals surface area contributed by atoms with Gasteiger partial charge in [-0.25, -0.2) is 0 Å². The third kappa shape index (κ3) is 1.45. The molecule has 18 heavy (non-hydrogen) atoms. The van der Waals surface area contributed by atoms with E-state index >= 15 is 0 Å². The molecule has 1 heterocycles. The minimum Gasteiger partial charge on any atom is -0.469 e. The van der Waals surface area contributed by atoms with E-state index in [1.165, 1.54) is 30.6 Å². The Morgan fingerprint density at radius 1 is 1.33 bits per heavy atom. The van der Waals surface area contributed by atoms with E-state index in [-0.39, 0.29) is 11.7 Å². The summed E-state index contributed by atoms with van der Waals surface area (Å²) in [5.41, 5.74) is 3.39. The highest BCUT2D eigenvalue weighted by Crippen LogP contribution is 2.58. The van der Waals surface area contributed by atoms with E-state index in [1.807, 2.05) is 0 Å². The van der Waals surface area contributed by atoms with Crippen molar-refractivity contribution >= 4 is 0 Å². The van der Waals surface area contributed by atoms with Crippen molar-refractivity contribution in [3.8, 4) is 0 Å². The van der Waals surface area contributed by atoms with Gasteiger partial charge >= 0.3 is 0 Å². The summed E-state index contributed by atoms with van der Waals surface area (Å²) in [7, 11) is 1.75. The average molecular weight is 248 g/mol. The summed E-state index contributed by atoms with van der Waals surface area (Å²) in [6, 6.07) is 0. The number of fused-ring (bicyclic) bond motifs is 2. The van der Waals surface area contributed by atoms with Crippen molar-refractivity contribution in [2.75, 3.05) is 7.11 Å². The first-order chi connectivity index (χ1) is 8.59. The molecule has 0 spiro atoms. The Morgan fingerprint density at radius 3 is 2.83 bits per heavy atom. The number of methoxy groups -OCH3 is 1. The predicted octanol–water partition coefficient (Wildman–Crippen LogP) is 4.04.